The van der Waals surface area contributed by atoms with Crippen molar-refractivity contribution in [1.82, 2.24) is 14.7 Å². The number of aromatic nitrogens is 2. The van der Waals surface area contributed by atoms with E-state index >= 15 is 0 Å². The minimum atomic E-state index is -0.240. The molecule has 0 atom stereocenters. The molecule has 0 aliphatic carbocycles. The van der Waals surface area contributed by atoms with Crippen LogP contribution in [-0.2, 0) is 24.2 Å². The predicted molar refractivity (Wildman–Crippen MR) is 83.6 cm³/mol. The molecule has 1 amide bonds. The van der Waals surface area contributed by atoms with Crippen molar-refractivity contribution in [3.63, 3.8) is 0 Å². The van der Waals surface area contributed by atoms with Crippen LogP contribution < -0.4 is 0 Å². The molecule has 2 aromatic rings. The number of aryl methyl sites for hydroxylation is 2. The Kier molecular flexibility index (Phi) is 4.13. The van der Waals surface area contributed by atoms with Crippen molar-refractivity contribution in [3.05, 3.63) is 52.8 Å². The van der Waals surface area contributed by atoms with E-state index in [-0.39, 0.29) is 6.09 Å². The zero-order chi connectivity index (χ0) is 15.5. The maximum atomic E-state index is 12.2. The van der Waals surface area contributed by atoms with Gasteiger partial charge >= 0.3 is 6.09 Å². The van der Waals surface area contributed by atoms with Gasteiger partial charge in [-0.1, -0.05) is 24.3 Å². The third-order valence-corrected chi connectivity index (χ3v) is 4.02. The molecule has 1 aliphatic rings. The van der Waals surface area contributed by atoms with E-state index in [1.165, 1.54) is 11.1 Å². The fourth-order valence-electron chi connectivity index (χ4n) is 2.86. The third kappa shape index (κ3) is 3.13. The molecule has 1 aromatic carbocycles. The van der Waals surface area contributed by atoms with Crippen LogP contribution in [0.25, 0.3) is 0 Å². The molecule has 0 saturated carbocycles. The lowest BCUT2D eigenvalue weighted by atomic mass is 10.0. The highest BCUT2D eigenvalue weighted by Gasteiger charge is 2.21. The largest absolute Gasteiger partial charge is 0.447 e. The second kappa shape index (κ2) is 6.22. The van der Waals surface area contributed by atoms with Crippen LogP contribution in [0.3, 0.4) is 0 Å². The summed E-state index contributed by atoms with van der Waals surface area (Å²) in [5.74, 6) is 0. The number of nitrogens with zero attached hydrogens (tertiary/aromatic N) is 3. The summed E-state index contributed by atoms with van der Waals surface area (Å²) in [6.45, 7) is 6.25. The Morgan fingerprint density at radius 1 is 1.27 bits per heavy atom. The number of benzene rings is 1. The maximum absolute atomic E-state index is 12.2. The zero-order valence-corrected chi connectivity index (χ0v) is 13.1. The fraction of sp³-hybridized carbons (Fsp3) is 0.412. The van der Waals surface area contributed by atoms with Crippen LogP contribution in [0, 0.1) is 13.8 Å². The minimum absolute atomic E-state index is 0.240. The smallest absolute Gasteiger partial charge is 0.410 e. The summed E-state index contributed by atoms with van der Waals surface area (Å²) in [5, 5.41) is 4.36. The van der Waals surface area contributed by atoms with Gasteiger partial charge in [0, 0.05) is 18.8 Å². The molecule has 1 aliphatic heterocycles. The van der Waals surface area contributed by atoms with Crippen molar-refractivity contribution in [3.8, 4) is 0 Å². The highest BCUT2D eigenvalue weighted by molar-refractivity contribution is 5.68. The highest BCUT2D eigenvalue weighted by Crippen LogP contribution is 2.18. The molecule has 0 fully saturated rings. The number of carbonyl (C=O) groups is 1. The average Bonchev–Trinajstić information content (AvgIpc) is 2.84. The quantitative estimate of drug-likeness (QED) is 0.875. The standard InChI is InChI=1S/C17H21N3O2/c1-13-11-14(2)20(18-13)9-10-22-17(21)19-8-7-15-5-3-4-6-16(15)12-19/h3-6,11H,7-10,12H2,1-2H3. The van der Waals surface area contributed by atoms with Crippen molar-refractivity contribution in [2.45, 2.75) is 33.4 Å². The van der Waals surface area contributed by atoms with Gasteiger partial charge in [0.1, 0.15) is 6.61 Å². The van der Waals surface area contributed by atoms with Crippen LogP contribution >= 0.6 is 0 Å². The van der Waals surface area contributed by atoms with Gasteiger partial charge < -0.3 is 9.64 Å². The van der Waals surface area contributed by atoms with Gasteiger partial charge in [-0.2, -0.15) is 5.10 Å². The van der Waals surface area contributed by atoms with Gasteiger partial charge in [0.05, 0.1) is 12.2 Å². The Morgan fingerprint density at radius 2 is 2.05 bits per heavy atom. The number of ether oxygens (including phenoxy) is 1. The van der Waals surface area contributed by atoms with Gasteiger partial charge in [-0.3, -0.25) is 4.68 Å². The number of hydrogen-bond acceptors (Lipinski definition) is 3. The zero-order valence-electron chi connectivity index (χ0n) is 13.1. The molecule has 116 valence electrons. The lowest BCUT2D eigenvalue weighted by Gasteiger charge is -2.28. The summed E-state index contributed by atoms with van der Waals surface area (Å²) in [6.07, 6.45) is 0.652. The van der Waals surface area contributed by atoms with Crippen LogP contribution in [0.15, 0.2) is 30.3 Å². The fourth-order valence-corrected chi connectivity index (χ4v) is 2.86. The lowest BCUT2D eigenvalue weighted by molar-refractivity contribution is 0.0936. The molecular weight excluding hydrogens is 278 g/mol. The van der Waals surface area contributed by atoms with Gasteiger partial charge in [-0.05, 0) is 37.5 Å². The third-order valence-electron chi connectivity index (χ3n) is 4.02. The number of hydrogen-bond donors (Lipinski definition) is 0. The van der Waals surface area contributed by atoms with Crippen LogP contribution in [0.1, 0.15) is 22.5 Å². The molecule has 22 heavy (non-hydrogen) atoms. The molecule has 0 saturated heterocycles. The number of carbonyl (C=O) groups excluding carboxylic acids is 1. The van der Waals surface area contributed by atoms with Crippen molar-refractivity contribution >= 4 is 6.09 Å². The average molecular weight is 299 g/mol. The molecule has 0 bridgehead atoms. The summed E-state index contributed by atoms with van der Waals surface area (Å²) in [4.78, 5) is 13.9. The monoisotopic (exact) mass is 299 g/mol. The minimum Gasteiger partial charge on any atom is -0.447 e. The van der Waals surface area contributed by atoms with E-state index < -0.39 is 0 Å². The molecule has 5 heteroatoms. The normalized spacial score (nSPS) is 13.8. The molecule has 2 heterocycles. The van der Waals surface area contributed by atoms with Crippen LogP contribution in [0.2, 0.25) is 0 Å². The lowest BCUT2D eigenvalue weighted by Crippen LogP contribution is -2.36. The molecule has 0 unspecified atom stereocenters. The van der Waals surface area contributed by atoms with Crippen LogP contribution in [0.5, 0.6) is 0 Å². The summed E-state index contributed by atoms with van der Waals surface area (Å²) < 4.78 is 7.26. The van der Waals surface area contributed by atoms with E-state index in [1.54, 1.807) is 4.90 Å². The SMILES string of the molecule is Cc1cc(C)n(CCOC(=O)N2CCc3ccccc3C2)n1. The second-order valence-electron chi connectivity index (χ2n) is 5.70. The molecule has 0 spiro atoms. The topological polar surface area (TPSA) is 47.4 Å². The van der Waals surface area contributed by atoms with E-state index in [0.29, 0.717) is 19.7 Å². The van der Waals surface area contributed by atoms with E-state index in [2.05, 4.69) is 17.2 Å². The Bertz CT molecular complexity index is 678. The molecule has 0 radical (unpaired) electrons. The van der Waals surface area contributed by atoms with E-state index in [9.17, 15) is 4.79 Å². The Labute approximate surface area is 130 Å². The van der Waals surface area contributed by atoms with Crippen molar-refractivity contribution in [2.75, 3.05) is 13.2 Å². The van der Waals surface area contributed by atoms with Gasteiger partial charge in [0.25, 0.3) is 0 Å². The molecule has 1 aromatic heterocycles. The summed E-state index contributed by atoms with van der Waals surface area (Å²) in [7, 11) is 0. The molecule has 3 rings (SSSR count). The summed E-state index contributed by atoms with van der Waals surface area (Å²) >= 11 is 0. The molecule has 0 N–H and O–H groups in total. The summed E-state index contributed by atoms with van der Waals surface area (Å²) in [5.41, 5.74) is 4.61. The van der Waals surface area contributed by atoms with Crippen molar-refractivity contribution in [2.24, 2.45) is 0 Å². The van der Waals surface area contributed by atoms with E-state index in [0.717, 1.165) is 24.4 Å². The summed E-state index contributed by atoms with van der Waals surface area (Å²) in [6, 6.07) is 10.3. The van der Waals surface area contributed by atoms with E-state index in [4.69, 9.17) is 4.74 Å². The molecule has 5 nitrogen and oxygen atoms in total. The van der Waals surface area contributed by atoms with Crippen molar-refractivity contribution in [1.29, 1.82) is 0 Å². The maximum Gasteiger partial charge on any atom is 0.410 e. The van der Waals surface area contributed by atoms with Crippen molar-refractivity contribution < 1.29 is 9.53 Å². The first-order valence-corrected chi connectivity index (χ1v) is 7.63. The Hall–Kier alpha value is -2.30. The van der Waals surface area contributed by atoms with Gasteiger partial charge in [-0.25, -0.2) is 4.79 Å². The van der Waals surface area contributed by atoms with Gasteiger partial charge in [0.2, 0.25) is 0 Å². The Balaban J connectivity index is 1.52. The first-order valence-electron chi connectivity index (χ1n) is 7.63. The van der Waals surface area contributed by atoms with Gasteiger partial charge in [0.15, 0.2) is 0 Å². The van der Waals surface area contributed by atoms with Crippen LogP contribution in [-0.4, -0.2) is 33.9 Å². The number of rotatable bonds is 3. The van der Waals surface area contributed by atoms with Crippen LogP contribution in [0.4, 0.5) is 4.79 Å². The second-order valence-corrected chi connectivity index (χ2v) is 5.70. The first kappa shape index (κ1) is 14.6. The highest BCUT2D eigenvalue weighted by atomic mass is 16.6. The number of amides is 1. The first-order chi connectivity index (χ1) is 10.6. The molecular formula is C17H21N3O2. The van der Waals surface area contributed by atoms with Gasteiger partial charge in [-0.15, -0.1) is 0 Å². The predicted octanol–water partition coefficient (Wildman–Crippen LogP) is 2.69. The Morgan fingerprint density at radius 3 is 2.77 bits per heavy atom. The number of fused-ring (bicyclic) bond motifs is 1. The van der Waals surface area contributed by atoms with E-state index in [1.807, 2.05) is 36.7 Å².